The molecule has 1 N–H and O–H groups in total. The number of hydrogen-bond donors (Lipinski definition) is 1. The van der Waals surface area contributed by atoms with Crippen LogP contribution in [-0.4, -0.2) is 40.5 Å². The van der Waals surface area contributed by atoms with Crippen molar-refractivity contribution in [2.75, 3.05) is 19.8 Å². The van der Waals surface area contributed by atoms with Crippen LogP contribution in [0.4, 0.5) is 5.69 Å². The molecule has 1 unspecified atom stereocenters. The molecule has 0 amide bonds. The predicted octanol–water partition coefficient (Wildman–Crippen LogP) is 4.04. The molecule has 9 heteroatoms. The van der Waals surface area contributed by atoms with Crippen LogP contribution in [-0.2, 0) is 4.79 Å². The maximum atomic E-state index is 12.9. The molecule has 1 aliphatic heterocycles. The molecule has 0 saturated carbocycles. The Morgan fingerprint density at radius 3 is 2.67 bits per heavy atom. The number of nitrogens with zero attached hydrogens (tertiary/aromatic N) is 2. The SMILES string of the molecule is CCCOc1c(OCC)cc(C2NC(=S)N(CC)C3=C2C(=O)CCC3)cc1[N+](=O)[O-]. The number of allylic oxidation sites excluding steroid dienone is 1. The zero-order chi connectivity index (χ0) is 21.8. The van der Waals surface area contributed by atoms with Crippen molar-refractivity contribution in [2.24, 2.45) is 0 Å². The van der Waals surface area contributed by atoms with Crippen molar-refractivity contribution >= 4 is 28.8 Å². The van der Waals surface area contributed by atoms with Gasteiger partial charge in [-0.2, -0.15) is 0 Å². The number of thiocarbonyl (C=S) groups is 1. The molecule has 0 saturated heterocycles. The van der Waals surface area contributed by atoms with Crippen molar-refractivity contribution < 1.29 is 19.2 Å². The van der Waals surface area contributed by atoms with Crippen LogP contribution in [0, 0.1) is 10.1 Å². The lowest BCUT2D eigenvalue weighted by molar-refractivity contribution is -0.386. The maximum absolute atomic E-state index is 12.9. The van der Waals surface area contributed by atoms with E-state index in [9.17, 15) is 14.9 Å². The van der Waals surface area contributed by atoms with Crippen LogP contribution in [0.2, 0.25) is 0 Å². The number of nitro groups is 1. The molecule has 1 heterocycles. The van der Waals surface area contributed by atoms with Crippen molar-refractivity contribution in [3.63, 3.8) is 0 Å². The third-order valence-corrected chi connectivity index (χ3v) is 5.55. The molecule has 1 aromatic carbocycles. The molecule has 162 valence electrons. The van der Waals surface area contributed by atoms with Gasteiger partial charge >= 0.3 is 5.69 Å². The zero-order valence-electron chi connectivity index (χ0n) is 17.5. The quantitative estimate of drug-likeness (QED) is 0.373. The third kappa shape index (κ3) is 4.12. The highest BCUT2D eigenvalue weighted by Gasteiger charge is 2.38. The first kappa shape index (κ1) is 22.0. The second-order valence-electron chi connectivity index (χ2n) is 7.17. The summed E-state index contributed by atoms with van der Waals surface area (Å²) in [4.78, 5) is 26.1. The van der Waals surface area contributed by atoms with Crippen LogP contribution >= 0.6 is 12.2 Å². The van der Waals surface area contributed by atoms with Crippen molar-refractivity contribution in [1.82, 2.24) is 10.2 Å². The number of carbonyl (C=O) groups is 1. The topological polar surface area (TPSA) is 93.9 Å². The van der Waals surface area contributed by atoms with Crippen LogP contribution in [0.15, 0.2) is 23.4 Å². The summed E-state index contributed by atoms with van der Waals surface area (Å²) in [7, 11) is 0. The van der Waals surface area contributed by atoms with E-state index in [4.69, 9.17) is 21.7 Å². The molecule has 0 bridgehead atoms. The van der Waals surface area contributed by atoms with E-state index in [1.807, 2.05) is 18.7 Å². The van der Waals surface area contributed by atoms with Crippen molar-refractivity contribution in [2.45, 2.75) is 52.5 Å². The number of benzene rings is 1. The summed E-state index contributed by atoms with van der Waals surface area (Å²) in [6, 6.07) is 2.62. The van der Waals surface area contributed by atoms with Gasteiger partial charge in [-0.15, -0.1) is 0 Å². The van der Waals surface area contributed by atoms with Gasteiger partial charge < -0.3 is 19.7 Å². The fourth-order valence-electron chi connectivity index (χ4n) is 3.96. The third-order valence-electron chi connectivity index (χ3n) is 5.21. The van der Waals surface area contributed by atoms with E-state index in [1.54, 1.807) is 13.0 Å². The number of ether oxygens (including phenoxy) is 2. The molecule has 2 aliphatic rings. The van der Waals surface area contributed by atoms with Crippen LogP contribution < -0.4 is 14.8 Å². The molecule has 0 radical (unpaired) electrons. The van der Waals surface area contributed by atoms with Crippen molar-refractivity contribution in [1.29, 1.82) is 0 Å². The average molecular weight is 434 g/mol. The summed E-state index contributed by atoms with van der Waals surface area (Å²) >= 11 is 5.54. The number of carbonyl (C=O) groups excluding carboxylic acids is 1. The lowest BCUT2D eigenvalue weighted by atomic mass is 9.84. The van der Waals surface area contributed by atoms with Gasteiger partial charge in [0.05, 0.1) is 24.2 Å². The lowest BCUT2D eigenvalue weighted by Crippen LogP contribution is -2.49. The second-order valence-corrected chi connectivity index (χ2v) is 7.56. The molecule has 3 rings (SSSR count). The molecule has 0 fully saturated rings. The number of nitrogens with one attached hydrogen (secondary N) is 1. The first-order valence-corrected chi connectivity index (χ1v) is 10.8. The van der Waals surface area contributed by atoms with Crippen LogP contribution in [0.3, 0.4) is 0 Å². The Balaban J connectivity index is 2.17. The maximum Gasteiger partial charge on any atom is 0.315 e. The Morgan fingerprint density at radius 1 is 1.27 bits per heavy atom. The fraction of sp³-hybridized carbons (Fsp3) is 0.524. The molecular weight excluding hydrogens is 406 g/mol. The number of Topliss-reactive ketones (excluding diaryl/α,β-unsaturated/α-hetero) is 1. The summed E-state index contributed by atoms with van der Waals surface area (Å²) < 4.78 is 11.3. The molecule has 1 atom stereocenters. The van der Waals surface area contributed by atoms with Gasteiger partial charge in [0.1, 0.15) is 0 Å². The van der Waals surface area contributed by atoms with Gasteiger partial charge in [-0.3, -0.25) is 14.9 Å². The highest BCUT2D eigenvalue weighted by Crippen LogP contribution is 2.44. The van der Waals surface area contributed by atoms with Gasteiger partial charge in [0.15, 0.2) is 16.6 Å². The van der Waals surface area contributed by atoms with Gasteiger partial charge in [-0.25, -0.2) is 0 Å². The molecule has 1 aromatic rings. The van der Waals surface area contributed by atoms with Gasteiger partial charge in [0.2, 0.25) is 5.75 Å². The first-order valence-electron chi connectivity index (χ1n) is 10.3. The monoisotopic (exact) mass is 433 g/mol. The number of hydrogen-bond acceptors (Lipinski definition) is 6. The number of rotatable bonds is 8. The van der Waals surface area contributed by atoms with Crippen LogP contribution in [0.25, 0.3) is 0 Å². The van der Waals surface area contributed by atoms with E-state index in [0.717, 1.165) is 18.5 Å². The standard InChI is InChI=1S/C21H27N3O5S/c1-4-10-29-20-15(24(26)27)11-13(12-17(20)28-6-3)19-18-14(8-7-9-16(18)25)23(5-2)21(30)22-19/h11-12,19H,4-10H2,1-3H3,(H,22,30). The lowest BCUT2D eigenvalue weighted by Gasteiger charge is -2.40. The van der Waals surface area contributed by atoms with Gasteiger partial charge in [0, 0.05) is 30.3 Å². The zero-order valence-corrected chi connectivity index (χ0v) is 18.3. The van der Waals surface area contributed by atoms with Crippen molar-refractivity contribution in [3.05, 3.63) is 39.1 Å². The Kier molecular flexibility index (Phi) is 6.91. The number of nitro benzene ring substituents is 1. The van der Waals surface area contributed by atoms with Crippen LogP contribution in [0.1, 0.15) is 58.1 Å². The second kappa shape index (κ2) is 9.42. The first-order chi connectivity index (χ1) is 14.4. The minimum absolute atomic E-state index is 0.0432. The van der Waals surface area contributed by atoms with E-state index in [0.29, 0.717) is 54.6 Å². The Morgan fingerprint density at radius 2 is 2.03 bits per heavy atom. The fourth-order valence-corrected chi connectivity index (χ4v) is 4.31. The Labute approximate surface area is 181 Å². The molecule has 8 nitrogen and oxygen atoms in total. The van der Waals surface area contributed by atoms with E-state index in [-0.39, 0.29) is 17.2 Å². The normalized spacial score (nSPS) is 18.8. The van der Waals surface area contributed by atoms with Gasteiger partial charge in [-0.1, -0.05) is 6.92 Å². The van der Waals surface area contributed by atoms with Crippen LogP contribution in [0.5, 0.6) is 11.5 Å². The summed E-state index contributed by atoms with van der Waals surface area (Å²) in [6.07, 6.45) is 2.70. The van der Waals surface area contributed by atoms with E-state index >= 15 is 0 Å². The molecule has 30 heavy (non-hydrogen) atoms. The minimum atomic E-state index is -0.554. The molecule has 1 aliphatic carbocycles. The molecule has 0 spiro atoms. The largest absolute Gasteiger partial charge is 0.490 e. The van der Waals surface area contributed by atoms with Gasteiger partial charge in [-0.05, 0) is 57.0 Å². The Hall–Kier alpha value is -2.68. The Bertz CT molecular complexity index is 899. The van der Waals surface area contributed by atoms with Gasteiger partial charge in [0.25, 0.3) is 0 Å². The van der Waals surface area contributed by atoms with E-state index in [1.165, 1.54) is 6.07 Å². The van der Waals surface area contributed by atoms with Crippen molar-refractivity contribution in [3.8, 4) is 11.5 Å². The highest BCUT2D eigenvalue weighted by atomic mass is 32.1. The van der Waals surface area contributed by atoms with E-state index in [2.05, 4.69) is 5.32 Å². The summed E-state index contributed by atoms with van der Waals surface area (Å²) in [5, 5.41) is 15.6. The smallest absolute Gasteiger partial charge is 0.315 e. The summed E-state index contributed by atoms with van der Waals surface area (Å²) in [6.45, 7) is 7.03. The summed E-state index contributed by atoms with van der Waals surface area (Å²) in [5.74, 6) is 0.456. The predicted molar refractivity (Wildman–Crippen MR) is 117 cm³/mol. The molecular formula is C21H27N3O5S. The highest BCUT2D eigenvalue weighted by molar-refractivity contribution is 7.80. The van der Waals surface area contributed by atoms with E-state index < -0.39 is 11.0 Å². The molecule has 0 aromatic heterocycles. The summed E-state index contributed by atoms with van der Waals surface area (Å²) in [5.41, 5.74) is 1.93. The average Bonchev–Trinajstić information content (AvgIpc) is 2.72. The minimum Gasteiger partial charge on any atom is -0.490 e. The number of ketones is 1.